The third-order valence-electron chi connectivity index (χ3n) is 5.05. The predicted molar refractivity (Wildman–Crippen MR) is 115 cm³/mol. The molecule has 0 saturated carbocycles. The number of oxazole rings is 2. The Morgan fingerprint density at radius 3 is 2.83 bits per heavy atom. The van der Waals surface area contributed by atoms with E-state index in [4.69, 9.17) is 26.2 Å². The molecule has 1 aliphatic rings. The Kier molecular flexibility index (Phi) is 4.42. The van der Waals surface area contributed by atoms with Crippen molar-refractivity contribution in [2.45, 2.75) is 18.9 Å². The van der Waals surface area contributed by atoms with Crippen LogP contribution in [0.4, 0.5) is 6.01 Å². The number of pyridine rings is 1. The smallest absolute Gasteiger partial charge is 0.299 e. The molecule has 1 unspecified atom stereocenters. The van der Waals surface area contributed by atoms with Gasteiger partial charge in [0.2, 0.25) is 5.89 Å². The van der Waals surface area contributed by atoms with Gasteiger partial charge < -0.3 is 19.9 Å². The zero-order chi connectivity index (χ0) is 20.7. The van der Waals surface area contributed by atoms with Gasteiger partial charge in [0, 0.05) is 35.1 Å². The van der Waals surface area contributed by atoms with E-state index in [1.54, 1.807) is 36.8 Å². The van der Waals surface area contributed by atoms with E-state index < -0.39 is 5.54 Å². The highest BCUT2D eigenvalue weighted by Gasteiger charge is 2.34. The second kappa shape index (κ2) is 7.12. The van der Waals surface area contributed by atoms with Crippen molar-refractivity contribution in [1.29, 1.82) is 0 Å². The van der Waals surface area contributed by atoms with Crippen LogP contribution in [0.15, 0.2) is 81.2 Å². The first-order valence-corrected chi connectivity index (χ1v) is 9.76. The number of nitrogens with one attached hydrogen (secondary N) is 1. The standard InChI is InChI=1S/C22H18ClN5O2/c1-13-4-7-22(24,20-27-16-10-15(23)2-3-18(16)29-20)11-17(13)28-21-26-12-19(30-21)14-5-8-25-9-6-14/h2-10,12H,11,24H2,1H3,(H,26,28). The second-order valence-electron chi connectivity index (χ2n) is 7.23. The van der Waals surface area contributed by atoms with E-state index in [0.29, 0.717) is 40.2 Å². The quantitative estimate of drug-likeness (QED) is 0.478. The summed E-state index contributed by atoms with van der Waals surface area (Å²) in [5, 5.41) is 3.85. The van der Waals surface area contributed by atoms with Crippen molar-refractivity contribution in [3.05, 3.63) is 83.3 Å². The Bertz CT molecular complexity index is 1290. The van der Waals surface area contributed by atoms with Gasteiger partial charge in [0.15, 0.2) is 11.3 Å². The Labute approximate surface area is 177 Å². The monoisotopic (exact) mass is 419 g/mol. The van der Waals surface area contributed by atoms with Crippen LogP contribution in [0.5, 0.6) is 0 Å². The van der Waals surface area contributed by atoms with Gasteiger partial charge in [0.05, 0.1) is 6.20 Å². The Hall–Kier alpha value is -3.42. The van der Waals surface area contributed by atoms with Gasteiger partial charge in [0.25, 0.3) is 6.01 Å². The molecule has 8 heteroatoms. The van der Waals surface area contributed by atoms with Crippen LogP contribution in [0.3, 0.4) is 0 Å². The largest absolute Gasteiger partial charge is 0.438 e. The predicted octanol–water partition coefficient (Wildman–Crippen LogP) is 5.03. The number of nitrogens with two attached hydrogens (primary N) is 1. The van der Waals surface area contributed by atoms with E-state index in [0.717, 1.165) is 16.8 Å². The van der Waals surface area contributed by atoms with Crippen molar-refractivity contribution in [2.75, 3.05) is 5.32 Å². The molecule has 1 atom stereocenters. The van der Waals surface area contributed by atoms with Crippen molar-refractivity contribution in [2.24, 2.45) is 5.73 Å². The Morgan fingerprint density at radius 2 is 2.00 bits per heavy atom. The first-order chi connectivity index (χ1) is 14.5. The highest BCUT2D eigenvalue weighted by molar-refractivity contribution is 6.31. The van der Waals surface area contributed by atoms with Gasteiger partial charge in [-0.05, 0) is 42.8 Å². The number of fused-ring (bicyclic) bond motifs is 1. The first kappa shape index (κ1) is 18.6. The lowest BCUT2D eigenvalue weighted by atomic mass is 9.87. The molecule has 0 spiro atoms. The van der Waals surface area contributed by atoms with Crippen LogP contribution in [0, 0.1) is 0 Å². The second-order valence-corrected chi connectivity index (χ2v) is 7.67. The molecule has 1 aromatic carbocycles. The van der Waals surface area contributed by atoms with Crippen molar-refractivity contribution in [3.63, 3.8) is 0 Å². The molecule has 0 aliphatic heterocycles. The van der Waals surface area contributed by atoms with Gasteiger partial charge in [-0.3, -0.25) is 4.98 Å². The lowest BCUT2D eigenvalue weighted by Crippen LogP contribution is -2.38. The van der Waals surface area contributed by atoms with Crippen LogP contribution in [-0.2, 0) is 5.54 Å². The highest BCUT2D eigenvalue weighted by atomic mass is 35.5. The minimum Gasteiger partial charge on any atom is -0.438 e. The van der Waals surface area contributed by atoms with Crippen LogP contribution in [0.1, 0.15) is 19.2 Å². The SMILES string of the molecule is CC1=C(Nc2ncc(-c3ccncc3)o2)CC(N)(c2nc3cc(Cl)ccc3o2)C=C1. The Balaban J connectivity index is 1.41. The van der Waals surface area contributed by atoms with E-state index in [-0.39, 0.29) is 0 Å². The van der Waals surface area contributed by atoms with Crippen LogP contribution in [-0.4, -0.2) is 15.0 Å². The average Bonchev–Trinajstić information content (AvgIpc) is 3.39. The van der Waals surface area contributed by atoms with Gasteiger partial charge >= 0.3 is 0 Å². The molecule has 7 nitrogen and oxygen atoms in total. The third kappa shape index (κ3) is 3.38. The molecule has 4 aromatic rings. The number of hydrogen-bond donors (Lipinski definition) is 2. The first-order valence-electron chi connectivity index (χ1n) is 9.38. The zero-order valence-corrected chi connectivity index (χ0v) is 16.8. The minimum atomic E-state index is -0.909. The van der Waals surface area contributed by atoms with Crippen molar-refractivity contribution in [3.8, 4) is 11.3 Å². The molecule has 0 bridgehead atoms. The van der Waals surface area contributed by atoms with Gasteiger partial charge in [-0.25, -0.2) is 9.97 Å². The van der Waals surface area contributed by atoms with Crippen molar-refractivity contribution < 1.29 is 8.83 Å². The molecular weight excluding hydrogens is 402 g/mol. The summed E-state index contributed by atoms with van der Waals surface area (Å²) in [7, 11) is 0. The fraction of sp³-hybridized carbons (Fsp3) is 0.136. The molecule has 5 rings (SSSR count). The highest BCUT2D eigenvalue weighted by Crippen LogP contribution is 2.35. The lowest BCUT2D eigenvalue weighted by molar-refractivity contribution is 0.396. The summed E-state index contributed by atoms with van der Waals surface area (Å²) in [5.74, 6) is 1.08. The summed E-state index contributed by atoms with van der Waals surface area (Å²) in [6.45, 7) is 2.00. The number of anilines is 1. The minimum absolute atomic E-state index is 0.387. The maximum atomic E-state index is 6.68. The topological polar surface area (TPSA) is 103 Å². The summed E-state index contributed by atoms with van der Waals surface area (Å²) in [4.78, 5) is 12.9. The Morgan fingerprint density at radius 1 is 1.17 bits per heavy atom. The number of rotatable bonds is 4. The lowest BCUT2D eigenvalue weighted by Gasteiger charge is -2.28. The van der Waals surface area contributed by atoms with Crippen LogP contribution >= 0.6 is 11.6 Å². The molecule has 150 valence electrons. The van der Waals surface area contributed by atoms with Crippen molar-refractivity contribution in [1.82, 2.24) is 15.0 Å². The van der Waals surface area contributed by atoms with E-state index in [1.807, 2.05) is 31.2 Å². The molecule has 3 N–H and O–H groups in total. The fourth-order valence-corrected chi connectivity index (χ4v) is 3.53. The summed E-state index contributed by atoms with van der Waals surface area (Å²) in [5.41, 5.74) is 9.89. The average molecular weight is 420 g/mol. The van der Waals surface area contributed by atoms with E-state index in [1.165, 1.54) is 0 Å². The molecule has 0 saturated heterocycles. The van der Waals surface area contributed by atoms with Gasteiger partial charge in [-0.1, -0.05) is 23.8 Å². The summed E-state index contributed by atoms with van der Waals surface area (Å²) >= 11 is 6.06. The maximum absolute atomic E-state index is 6.68. The molecule has 0 amide bonds. The van der Waals surface area contributed by atoms with Gasteiger partial charge in [0.1, 0.15) is 11.1 Å². The molecule has 3 aromatic heterocycles. The molecule has 1 aliphatic carbocycles. The molecule has 3 heterocycles. The number of benzene rings is 1. The van der Waals surface area contributed by atoms with E-state index in [2.05, 4.69) is 20.3 Å². The van der Waals surface area contributed by atoms with Crippen molar-refractivity contribution >= 4 is 28.7 Å². The van der Waals surface area contributed by atoms with E-state index >= 15 is 0 Å². The number of nitrogens with zero attached hydrogens (tertiary/aromatic N) is 3. The van der Waals surface area contributed by atoms with E-state index in [9.17, 15) is 0 Å². The maximum Gasteiger partial charge on any atom is 0.299 e. The molecular formula is C22H18ClN5O2. The summed E-state index contributed by atoms with van der Waals surface area (Å²) in [6.07, 6.45) is 9.38. The normalized spacial score (nSPS) is 18.9. The van der Waals surface area contributed by atoms with Gasteiger partial charge in [-0.15, -0.1) is 0 Å². The van der Waals surface area contributed by atoms with Crippen LogP contribution in [0.25, 0.3) is 22.4 Å². The number of halogens is 1. The number of allylic oxidation sites excluding steroid dienone is 2. The summed E-state index contributed by atoms with van der Waals surface area (Å²) < 4.78 is 11.8. The van der Waals surface area contributed by atoms with Crippen LogP contribution < -0.4 is 11.1 Å². The van der Waals surface area contributed by atoms with Gasteiger partial charge in [-0.2, -0.15) is 0 Å². The zero-order valence-electron chi connectivity index (χ0n) is 16.1. The number of aromatic nitrogens is 3. The fourth-order valence-electron chi connectivity index (χ4n) is 3.37. The number of hydrogen-bond acceptors (Lipinski definition) is 7. The van der Waals surface area contributed by atoms with Crippen LogP contribution in [0.2, 0.25) is 5.02 Å². The molecule has 0 radical (unpaired) electrons. The molecule has 30 heavy (non-hydrogen) atoms. The summed E-state index contributed by atoms with van der Waals surface area (Å²) in [6, 6.07) is 9.42. The molecule has 0 fully saturated rings. The third-order valence-corrected chi connectivity index (χ3v) is 5.29.